The lowest BCUT2D eigenvalue weighted by atomic mass is 10.1. The fourth-order valence-corrected chi connectivity index (χ4v) is 2.13. The second-order valence-corrected chi connectivity index (χ2v) is 5.22. The molecule has 0 spiro atoms. The Hall–Kier alpha value is -2.24. The predicted octanol–water partition coefficient (Wildman–Crippen LogP) is 2.19. The lowest BCUT2D eigenvalue weighted by Crippen LogP contribution is -2.44. The molecular formula is C17H26N2O4. The van der Waals surface area contributed by atoms with E-state index in [2.05, 4.69) is 10.6 Å². The minimum Gasteiger partial charge on any atom is -0.490 e. The van der Waals surface area contributed by atoms with Gasteiger partial charge in [-0.3, -0.25) is 9.59 Å². The third-order valence-corrected chi connectivity index (χ3v) is 3.24. The van der Waals surface area contributed by atoms with Crippen LogP contribution in [0.15, 0.2) is 18.2 Å². The first kappa shape index (κ1) is 18.8. The molecule has 0 heterocycles. The van der Waals surface area contributed by atoms with Gasteiger partial charge in [-0.15, -0.1) is 0 Å². The van der Waals surface area contributed by atoms with Crippen LogP contribution in [0.2, 0.25) is 0 Å². The zero-order chi connectivity index (χ0) is 17.4. The molecule has 0 bridgehead atoms. The zero-order valence-corrected chi connectivity index (χ0v) is 14.4. The Kier molecular flexibility index (Phi) is 7.38. The maximum absolute atomic E-state index is 12.1. The van der Waals surface area contributed by atoms with E-state index in [0.717, 1.165) is 5.56 Å². The predicted molar refractivity (Wildman–Crippen MR) is 88.6 cm³/mol. The molecule has 0 saturated heterocycles. The number of carbonyl (C=O) groups excluding carboxylic acids is 2. The highest BCUT2D eigenvalue weighted by atomic mass is 16.5. The van der Waals surface area contributed by atoms with Gasteiger partial charge in [-0.2, -0.15) is 0 Å². The maximum atomic E-state index is 12.1. The number of hydrogen-bond acceptors (Lipinski definition) is 4. The monoisotopic (exact) mass is 322 g/mol. The summed E-state index contributed by atoms with van der Waals surface area (Å²) in [5.74, 6) is 0.866. The van der Waals surface area contributed by atoms with Crippen molar-refractivity contribution in [2.45, 2.75) is 46.7 Å². The number of hydrogen-bond donors (Lipinski definition) is 2. The first-order chi connectivity index (χ1) is 10.9. The topological polar surface area (TPSA) is 76.7 Å². The van der Waals surface area contributed by atoms with Crippen LogP contribution in [-0.4, -0.2) is 31.1 Å². The zero-order valence-electron chi connectivity index (χ0n) is 14.4. The van der Waals surface area contributed by atoms with E-state index in [1.807, 2.05) is 39.0 Å². The lowest BCUT2D eigenvalue weighted by Gasteiger charge is -2.20. The van der Waals surface area contributed by atoms with E-state index >= 15 is 0 Å². The van der Waals surface area contributed by atoms with Crippen LogP contribution in [0.5, 0.6) is 11.5 Å². The van der Waals surface area contributed by atoms with E-state index in [0.29, 0.717) is 24.7 Å². The van der Waals surface area contributed by atoms with E-state index in [-0.39, 0.29) is 17.9 Å². The highest BCUT2D eigenvalue weighted by Crippen LogP contribution is 2.30. The molecule has 6 heteroatoms. The van der Waals surface area contributed by atoms with Crippen LogP contribution in [0.25, 0.3) is 0 Å². The van der Waals surface area contributed by atoms with Gasteiger partial charge in [-0.1, -0.05) is 6.07 Å². The van der Waals surface area contributed by atoms with E-state index < -0.39 is 6.04 Å². The minimum absolute atomic E-state index is 0.214. The minimum atomic E-state index is -0.580. The molecule has 0 aliphatic rings. The summed E-state index contributed by atoms with van der Waals surface area (Å²) in [4.78, 5) is 23.1. The van der Waals surface area contributed by atoms with Gasteiger partial charge in [0.25, 0.3) is 0 Å². The summed E-state index contributed by atoms with van der Waals surface area (Å²) in [7, 11) is 0. The van der Waals surface area contributed by atoms with Gasteiger partial charge in [0, 0.05) is 6.92 Å². The summed E-state index contributed by atoms with van der Waals surface area (Å²) < 4.78 is 11.1. The van der Waals surface area contributed by atoms with Crippen molar-refractivity contribution >= 4 is 11.8 Å². The summed E-state index contributed by atoms with van der Waals surface area (Å²) in [6.07, 6.45) is 0. The normalized spacial score (nSPS) is 12.9. The van der Waals surface area contributed by atoms with Gasteiger partial charge in [-0.25, -0.2) is 0 Å². The van der Waals surface area contributed by atoms with Crippen LogP contribution in [0.4, 0.5) is 0 Å². The molecule has 2 amide bonds. The Bertz CT molecular complexity index is 545. The quantitative estimate of drug-likeness (QED) is 0.769. The van der Waals surface area contributed by atoms with Gasteiger partial charge in [0.2, 0.25) is 11.8 Å². The molecule has 2 N–H and O–H groups in total. The molecule has 2 unspecified atom stereocenters. The summed E-state index contributed by atoms with van der Waals surface area (Å²) in [6, 6.07) is 4.80. The number of benzene rings is 1. The van der Waals surface area contributed by atoms with Crippen molar-refractivity contribution < 1.29 is 19.1 Å². The third kappa shape index (κ3) is 5.81. The van der Waals surface area contributed by atoms with Gasteiger partial charge < -0.3 is 20.1 Å². The molecular weight excluding hydrogens is 296 g/mol. The van der Waals surface area contributed by atoms with Crippen LogP contribution in [0.1, 0.15) is 46.2 Å². The Labute approximate surface area is 137 Å². The van der Waals surface area contributed by atoms with E-state index in [4.69, 9.17) is 9.47 Å². The van der Waals surface area contributed by atoms with Crippen molar-refractivity contribution in [3.8, 4) is 11.5 Å². The first-order valence-corrected chi connectivity index (χ1v) is 7.86. The van der Waals surface area contributed by atoms with Crippen LogP contribution in [-0.2, 0) is 9.59 Å². The Morgan fingerprint density at radius 3 is 2.22 bits per heavy atom. The van der Waals surface area contributed by atoms with Crippen molar-refractivity contribution in [1.82, 2.24) is 10.6 Å². The van der Waals surface area contributed by atoms with Gasteiger partial charge in [-0.05, 0) is 45.4 Å². The number of ether oxygens (including phenoxy) is 2. The standard InChI is InChI=1S/C17H26N2O4/c1-6-22-15-9-8-14(10-16(15)23-7-2)11(3)19-17(21)12(4)18-13(5)20/h8-12H,6-7H2,1-5H3,(H,18,20)(H,19,21). The van der Waals surface area contributed by atoms with Gasteiger partial charge in [0.15, 0.2) is 11.5 Å². The Balaban J connectivity index is 2.82. The molecule has 1 aromatic rings. The number of nitrogens with one attached hydrogen (secondary N) is 2. The fraction of sp³-hybridized carbons (Fsp3) is 0.529. The highest BCUT2D eigenvalue weighted by Gasteiger charge is 2.18. The number of carbonyl (C=O) groups is 2. The molecule has 0 fully saturated rings. The molecule has 2 atom stereocenters. The second kappa shape index (κ2) is 9.02. The van der Waals surface area contributed by atoms with E-state index in [1.54, 1.807) is 6.92 Å². The van der Waals surface area contributed by atoms with Crippen molar-refractivity contribution in [2.24, 2.45) is 0 Å². The smallest absolute Gasteiger partial charge is 0.242 e. The lowest BCUT2D eigenvalue weighted by molar-refractivity contribution is -0.128. The van der Waals surface area contributed by atoms with Gasteiger partial charge in [0.1, 0.15) is 6.04 Å². The summed E-state index contributed by atoms with van der Waals surface area (Å²) in [5.41, 5.74) is 0.903. The molecule has 0 aliphatic carbocycles. The Morgan fingerprint density at radius 2 is 1.65 bits per heavy atom. The van der Waals surface area contributed by atoms with Crippen LogP contribution in [0.3, 0.4) is 0 Å². The van der Waals surface area contributed by atoms with Crippen LogP contribution >= 0.6 is 0 Å². The molecule has 0 saturated carbocycles. The first-order valence-electron chi connectivity index (χ1n) is 7.86. The van der Waals surface area contributed by atoms with Crippen LogP contribution < -0.4 is 20.1 Å². The molecule has 23 heavy (non-hydrogen) atoms. The maximum Gasteiger partial charge on any atom is 0.242 e. The van der Waals surface area contributed by atoms with Crippen LogP contribution in [0, 0.1) is 0 Å². The average Bonchev–Trinajstić information content (AvgIpc) is 2.48. The second-order valence-electron chi connectivity index (χ2n) is 5.22. The third-order valence-electron chi connectivity index (χ3n) is 3.24. The van der Waals surface area contributed by atoms with Crippen molar-refractivity contribution in [3.05, 3.63) is 23.8 Å². The van der Waals surface area contributed by atoms with E-state index in [1.165, 1.54) is 6.92 Å². The molecule has 0 aromatic heterocycles. The average molecular weight is 322 g/mol. The van der Waals surface area contributed by atoms with Crippen molar-refractivity contribution in [2.75, 3.05) is 13.2 Å². The summed E-state index contributed by atoms with van der Waals surface area (Å²) >= 11 is 0. The largest absolute Gasteiger partial charge is 0.490 e. The molecule has 1 aromatic carbocycles. The molecule has 0 aliphatic heterocycles. The van der Waals surface area contributed by atoms with Gasteiger partial charge >= 0.3 is 0 Å². The molecule has 6 nitrogen and oxygen atoms in total. The Morgan fingerprint density at radius 1 is 1.04 bits per heavy atom. The molecule has 128 valence electrons. The van der Waals surface area contributed by atoms with Crippen molar-refractivity contribution in [1.29, 1.82) is 0 Å². The SMILES string of the molecule is CCOc1ccc(C(C)NC(=O)C(C)NC(C)=O)cc1OCC. The van der Waals surface area contributed by atoms with E-state index in [9.17, 15) is 9.59 Å². The number of amides is 2. The molecule has 1 rings (SSSR count). The summed E-state index contributed by atoms with van der Waals surface area (Å²) in [6.45, 7) is 9.81. The highest BCUT2D eigenvalue weighted by molar-refractivity contribution is 5.86. The number of rotatable bonds is 8. The van der Waals surface area contributed by atoms with Crippen molar-refractivity contribution in [3.63, 3.8) is 0 Å². The summed E-state index contributed by atoms with van der Waals surface area (Å²) in [5, 5.41) is 5.43. The van der Waals surface area contributed by atoms with Gasteiger partial charge in [0.05, 0.1) is 19.3 Å². The molecule has 0 radical (unpaired) electrons. The fourth-order valence-electron chi connectivity index (χ4n) is 2.13.